The van der Waals surface area contributed by atoms with Crippen molar-refractivity contribution in [2.45, 2.75) is 0 Å². The Balaban J connectivity index is 1.31. The SMILES string of the molecule is N=C1/C(=N\Nc2ccccc2)C=Cc2ccc3ccc(N(c4ccccc4)c4ccc(-c5ccccc5)cc4)cc3c21. The van der Waals surface area contributed by atoms with E-state index >= 15 is 0 Å². The Bertz CT molecular complexity index is 1940. The van der Waals surface area contributed by atoms with Gasteiger partial charge in [-0.25, -0.2) is 0 Å². The summed E-state index contributed by atoms with van der Waals surface area (Å²) in [7, 11) is 0. The highest BCUT2D eigenvalue weighted by atomic mass is 15.3. The number of hydrogen-bond donors (Lipinski definition) is 2. The highest BCUT2D eigenvalue weighted by Crippen LogP contribution is 2.38. The van der Waals surface area contributed by atoms with E-state index in [2.05, 4.69) is 119 Å². The highest BCUT2D eigenvalue weighted by molar-refractivity contribution is 6.55. The first-order chi connectivity index (χ1) is 20.7. The normalized spacial score (nSPS) is 13.2. The van der Waals surface area contributed by atoms with Gasteiger partial charge in [-0.05, 0) is 82.1 Å². The number of hydrazone groups is 1. The number of fused-ring (bicyclic) bond motifs is 3. The zero-order valence-electron chi connectivity index (χ0n) is 22.9. The van der Waals surface area contributed by atoms with Crippen LogP contribution in [0.25, 0.3) is 28.0 Å². The van der Waals surface area contributed by atoms with Crippen molar-refractivity contribution in [2.24, 2.45) is 5.10 Å². The van der Waals surface area contributed by atoms with Crippen LogP contribution in [0.2, 0.25) is 0 Å². The molecule has 6 aromatic carbocycles. The van der Waals surface area contributed by atoms with Crippen LogP contribution in [0.3, 0.4) is 0 Å². The molecule has 0 saturated heterocycles. The van der Waals surface area contributed by atoms with Gasteiger partial charge in [0, 0.05) is 22.6 Å². The van der Waals surface area contributed by atoms with Gasteiger partial charge in [0.05, 0.1) is 11.4 Å². The van der Waals surface area contributed by atoms with E-state index in [1.165, 1.54) is 11.1 Å². The summed E-state index contributed by atoms with van der Waals surface area (Å²) >= 11 is 0. The van der Waals surface area contributed by atoms with Gasteiger partial charge in [0.2, 0.25) is 0 Å². The van der Waals surface area contributed by atoms with Crippen molar-refractivity contribution < 1.29 is 0 Å². The van der Waals surface area contributed by atoms with Gasteiger partial charge in [-0.2, -0.15) is 5.10 Å². The molecule has 0 aliphatic heterocycles. The third-order valence-electron chi connectivity index (χ3n) is 7.55. The Hall–Kier alpha value is -5.74. The van der Waals surface area contributed by atoms with Crippen LogP contribution < -0.4 is 10.3 Å². The molecule has 0 radical (unpaired) electrons. The van der Waals surface area contributed by atoms with Crippen molar-refractivity contribution in [3.8, 4) is 11.1 Å². The van der Waals surface area contributed by atoms with Crippen molar-refractivity contribution in [1.29, 1.82) is 5.41 Å². The first kappa shape index (κ1) is 25.2. The van der Waals surface area contributed by atoms with Crippen molar-refractivity contribution in [3.05, 3.63) is 163 Å². The summed E-state index contributed by atoms with van der Waals surface area (Å²) in [5.41, 5.74) is 12.4. The largest absolute Gasteiger partial charge is 0.310 e. The minimum atomic E-state index is 0.400. The van der Waals surface area contributed by atoms with Gasteiger partial charge in [-0.1, -0.05) is 103 Å². The lowest BCUT2D eigenvalue weighted by Crippen LogP contribution is -2.19. The molecule has 200 valence electrons. The summed E-state index contributed by atoms with van der Waals surface area (Å²) in [6.07, 6.45) is 3.95. The fourth-order valence-electron chi connectivity index (χ4n) is 5.45. The standard InChI is InChI=1S/C38H28N4/c39-38-36(41-40-31-12-6-2-7-13-31)25-21-30-17-16-29-20-24-34(26-35(29)37(30)38)42(32-14-8-3-9-15-32)33-22-18-28(19-23-33)27-10-4-1-5-11-27/h1-26,39-40H/b39-38?,41-36-. The average Bonchev–Trinajstić information content (AvgIpc) is 3.06. The van der Waals surface area contributed by atoms with E-state index in [-0.39, 0.29) is 0 Å². The summed E-state index contributed by atoms with van der Waals surface area (Å²) in [5, 5.41) is 15.8. The summed E-state index contributed by atoms with van der Waals surface area (Å²) in [6.45, 7) is 0. The number of allylic oxidation sites excluding steroid dienone is 1. The van der Waals surface area contributed by atoms with E-state index in [1.807, 2.05) is 54.6 Å². The lowest BCUT2D eigenvalue weighted by atomic mass is 9.89. The summed E-state index contributed by atoms with van der Waals surface area (Å²) in [6, 6.07) is 50.0. The average molecular weight is 541 g/mol. The van der Waals surface area contributed by atoms with Crippen LogP contribution in [-0.2, 0) is 0 Å². The van der Waals surface area contributed by atoms with Crippen molar-refractivity contribution in [2.75, 3.05) is 10.3 Å². The molecule has 1 aliphatic carbocycles. The third-order valence-corrected chi connectivity index (χ3v) is 7.55. The second-order valence-corrected chi connectivity index (χ2v) is 10.2. The van der Waals surface area contributed by atoms with Gasteiger partial charge in [0.25, 0.3) is 0 Å². The molecule has 6 aromatic rings. The predicted molar refractivity (Wildman–Crippen MR) is 177 cm³/mol. The molecule has 0 spiro atoms. The number of nitrogens with zero attached hydrogens (tertiary/aromatic N) is 2. The fourth-order valence-corrected chi connectivity index (χ4v) is 5.45. The van der Waals surface area contributed by atoms with Crippen molar-refractivity contribution in [3.63, 3.8) is 0 Å². The van der Waals surface area contributed by atoms with Crippen LogP contribution in [0.5, 0.6) is 0 Å². The van der Waals surface area contributed by atoms with Crippen LogP contribution in [-0.4, -0.2) is 11.4 Å². The van der Waals surface area contributed by atoms with E-state index in [0.717, 1.165) is 44.6 Å². The Labute approximate surface area is 245 Å². The quantitative estimate of drug-likeness (QED) is 0.207. The lowest BCUT2D eigenvalue weighted by Gasteiger charge is -2.26. The monoisotopic (exact) mass is 540 g/mol. The molecular weight excluding hydrogens is 512 g/mol. The third kappa shape index (κ3) is 4.87. The predicted octanol–water partition coefficient (Wildman–Crippen LogP) is 9.84. The van der Waals surface area contributed by atoms with Gasteiger partial charge in [0.15, 0.2) is 0 Å². The number of anilines is 4. The molecule has 0 saturated carbocycles. The molecular formula is C38H28N4. The minimum absolute atomic E-state index is 0.400. The van der Waals surface area contributed by atoms with Crippen LogP contribution in [0.1, 0.15) is 11.1 Å². The maximum absolute atomic E-state index is 9.15. The first-order valence-corrected chi connectivity index (χ1v) is 14.0. The van der Waals surface area contributed by atoms with Gasteiger partial charge in [0.1, 0.15) is 5.71 Å². The molecule has 0 atom stereocenters. The van der Waals surface area contributed by atoms with Crippen molar-refractivity contribution >= 4 is 51.0 Å². The van der Waals surface area contributed by atoms with Crippen LogP contribution in [0.15, 0.2) is 157 Å². The number of hydrogen-bond acceptors (Lipinski definition) is 4. The van der Waals surface area contributed by atoms with Crippen LogP contribution in [0.4, 0.5) is 22.7 Å². The molecule has 7 rings (SSSR count). The second kappa shape index (κ2) is 11.0. The Morgan fingerprint density at radius 2 is 1.14 bits per heavy atom. The van der Waals surface area contributed by atoms with Gasteiger partial charge in [-0.3, -0.25) is 10.8 Å². The van der Waals surface area contributed by atoms with Crippen LogP contribution in [0, 0.1) is 5.41 Å². The maximum Gasteiger partial charge on any atom is 0.109 e. The van der Waals surface area contributed by atoms with Gasteiger partial charge in [-0.15, -0.1) is 0 Å². The topological polar surface area (TPSA) is 51.5 Å². The molecule has 0 bridgehead atoms. The zero-order valence-corrected chi connectivity index (χ0v) is 22.9. The summed E-state index contributed by atoms with van der Waals surface area (Å²) in [4.78, 5) is 2.27. The number of nitrogens with one attached hydrogen (secondary N) is 2. The number of para-hydroxylation sites is 2. The molecule has 2 N–H and O–H groups in total. The Morgan fingerprint density at radius 1 is 0.548 bits per heavy atom. The smallest absolute Gasteiger partial charge is 0.109 e. The molecule has 4 heteroatoms. The van der Waals surface area contributed by atoms with E-state index in [1.54, 1.807) is 0 Å². The number of rotatable bonds is 6. The van der Waals surface area contributed by atoms with Crippen LogP contribution >= 0.6 is 0 Å². The molecule has 42 heavy (non-hydrogen) atoms. The minimum Gasteiger partial charge on any atom is -0.310 e. The van der Waals surface area contributed by atoms with Gasteiger partial charge < -0.3 is 4.90 Å². The second-order valence-electron chi connectivity index (χ2n) is 10.2. The molecule has 1 aliphatic rings. The van der Waals surface area contributed by atoms with E-state index in [9.17, 15) is 0 Å². The maximum atomic E-state index is 9.15. The first-order valence-electron chi connectivity index (χ1n) is 14.0. The molecule has 4 nitrogen and oxygen atoms in total. The molecule has 0 amide bonds. The fraction of sp³-hybridized carbons (Fsp3) is 0. The van der Waals surface area contributed by atoms with E-state index in [0.29, 0.717) is 11.4 Å². The summed E-state index contributed by atoms with van der Waals surface area (Å²) in [5.74, 6) is 0. The Morgan fingerprint density at radius 3 is 1.88 bits per heavy atom. The molecule has 0 fully saturated rings. The highest BCUT2D eigenvalue weighted by Gasteiger charge is 2.21. The molecule has 0 heterocycles. The lowest BCUT2D eigenvalue weighted by molar-refractivity contribution is 1.29. The van der Waals surface area contributed by atoms with Crippen molar-refractivity contribution in [1.82, 2.24) is 0 Å². The van der Waals surface area contributed by atoms with Gasteiger partial charge >= 0.3 is 0 Å². The number of benzene rings is 6. The molecule has 0 unspecified atom stereocenters. The van der Waals surface area contributed by atoms with E-state index < -0.39 is 0 Å². The zero-order chi connectivity index (χ0) is 28.3. The molecule has 0 aromatic heterocycles. The summed E-state index contributed by atoms with van der Waals surface area (Å²) < 4.78 is 0. The Kier molecular flexibility index (Phi) is 6.63. The van der Waals surface area contributed by atoms with E-state index in [4.69, 9.17) is 5.41 Å².